The van der Waals surface area contributed by atoms with E-state index in [4.69, 9.17) is 5.11 Å². The molecule has 1 atom stereocenters. The highest BCUT2D eigenvalue weighted by atomic mass is 16.4. The number of hydrogen-bond acceptors (Lipinski definition) is 1. The van der Waals surface area contributed by atoms with Crippen molar-refractivity contribution >= 4 is 5.97 Å². The van der Waals surface area contributed by atoms with Gasteiger partial charge in [0.25, 0.3) is 0 Å². The van der Waals surface area contributed by atoms with Crippen LogP contribution in [0, 0.1) is 11.3 Å². The van der Waals surface area contributed by atoms with Crippen LogP contribution < -0.4 is 0 Å². The van der Waals surface area contributed by atoms with Crippen LogP contribution >= 0.6 is 0 Å². The van der Waals surface area contributed by atoms with E-state index >= 15 is 0 Å². The molecule has 0 aromatic rings. The van der Waals surface area contributed by atoms with Gasteiger partial charge in [0.2, 0.25) is 0 Å². The maximum Gasteiger partial charge on any atom is 0.309 e. The predicted molar refractivity (Wildman–Crippen MR) is 54.7 cm³/mol. The molecule has 0 saturated carbocycles. The summed E-state index contributed by atoms with van der Waals surface area (Å²) < 4.78 is 0. The molecule has 0 amide bonds. The molecule has 0 saturated heterocycles. The van der Waals surface area contributed by atoms with Gasteiger partial charge in [0.15, 0.2) is 0 Å². The topological polar surface area (TPSA) is 37.3 Å². The second-order valence-electron chi connectivity index (χ2n) is 4.55. The Kier molecular flexibility index (Phi) is 5.04. The largest absolute Gasteiger partial charge is 0.481 e. The van der Waals surface area contributed by atoms with Crippen LogP contribution in [0.4, 0.5) is 0 Å². The minimum Gasteiger partial charge on any atom is -0.481 e. The summed E-state index contributed by atoms with van der Waals surface area (Å²) in [6.45, 7) is 8.17. The third kappa shape index (κ3) is 4.30. The van der Waals surface area contributed by atoms with E-state index in [1.807, 2.05) is 13.8 Å². The molecule has 0 radical (unpaired) electrons. The van der Waals surface area contributed by atoms with Gasteiger partial charge >= 0.3 is 5.97 Å². The van der Waals surface area contributed by atoms with Crippen molar-refractivity contribution in [1.82, 2.24) is 0 Å². The fourth-order valence-corrected chi connectivity index (χ4v) is 1.50. The Balaban J connectivity index is 4.16. The van der Waals surface area contributed by atoms with E-state index < -0.39 is 11.4 Å². The quantitative estimate of drug-likeness (QED) is 0.691. The number of aliphatic carboxylic acids is 1. The molecule has 78 valence electrons. The smallest absolute Gasteiger partial charge is 0.309 e. The van der Waals surface area contributed by atoms with Crippen molar-refractivity contribution in [2.75, 3.05) is 0 Å². The summed E-state index contributed by atoms with van der Waals surface area (Å²) >= 11 is 0. The molecule has 0 spiro atoms. The van der Waals surface area contributed by atoms with E-state index in [9.17, 15) is 4.79 Å². The van der Waals surface area contributed by atoms with Gasteiger partial charge in [-0.15, -0.1) is 0 Å². The van der Waals surface area contributed by atoms with Gasteiger partial charge in [-0.1, -0.05) is 27.2 Å². The van der Waals surface area contributed by atoms with Crippen LogP contribution in [-0.4, -0.2) is 11.1 Å². The number of carboxylic acid groups (broad SMARTS) is 1. The summed E-state index contributed by atoms with van der Waals surface area (Å²) in [5, 5.41) is 9.08. The lowest BCUT2D eigenvalue weighted by atomic mass is 9.80. The third-order valence-electron chi connectivity index (χ3n) is 2.59. The molecule has 1 N–H and O–H groups in total. The minimum absolute atomic E-state index is 0.501. The predicted octanol–water partition coefficient (Wildman–Crippen LogP) is 3.31. The molecule has 2 nitrogen and oxygen atoms in total. The van der Waals surface area contributed by atoms with Gasteiger partial charge < -0.3 is 5.11 Å². The Labute approximate surface area is 81.3 Å². The first-order chi connectivity index (χ1) is 5.92. The van der Waals surface area contributed by atoms with Crippen LogP contribution in [-0.2, 0) is 4.79 Å². The van der Waals surface area contributed by atoms with E-state index in [2.05, 4.69) is 13.8 Å². The summed E-state index contributed by atoms with van der Waals surface area (Å²) in [6, 6.07) is 0. The Morgan fingerprint density at radius 2 is 1.92 bits per heavy atom. The summed E-state index contributed by atoms with van der Waals surface area (Å²) in [5.74, 6) is -0.0504. The Hall–Kier alpha value is -0.530. The third-order valence-corrected chi connectivity index (χ3v) is 2.59. The van der Waals surface area contributed by atoms with E-state index in [0.29, 0.717) is 5.92 Å². The average molecular weight is 186 g/mol. The first-order valence-corrected chi connectivity index (χ1v) is 5.15. The first-order valence-electron chi connectivity index (χ1n) is 5.15. The lowest BCUT2D eigenvalue weighted by Crippen LogP contribution is -2.27. The zero-order valence-electron chi connectivity index (χ0n) is 9.26. The maximum atomic E-state index is 11.0. The van der Waals surface area contributed by atoms with Gasteiger partial charge in [0.05, 0.1) is 5.41 Å². The van der Waals surface area contributed by atoms with Crippen LogP contribution in [0.2, 0.25) is 0 Å². The molecule has 13 heavy (non-hydrogen) atoms. The molecule has 0 aromatic heterocycles. The van der Waals surface area contributed by atoms with Gasteiger partial charge in [-0.2, -0.15) is 0 Å². The lowest BCUT2D eigenvalue weighted by molar-refractivity contribution is -0.149. The lowest BCUT2D eigenvalue weighted by Gasteiger charge is -2.24. The summed E-state index contributed by atoms with van der Waals surface area (Å²) in [4.78, 5) is 11.0. The molecule has 2 heteroatoms. The number of carboxylic acids is 1. The van der Waals surface area contributed by atoms with Crippen molar-refractivity contribution in [2.24, 2.45) is 11.3 Å². The van der Waals surface area contributed by atoms with E-state index in [1.54, 1.807) is 0 Å². The molecule has 1 unspecified atom stereocenters. The molecule has 0 heterocycles. The van der Waals surface area contributed by atoms with Gasteiger partial charge in [0.1, 0.15) is 0 Å². The summed E-state index contributed by atoms with van der Waals surface area (Å²) in [6.07, 6.45) is 3.53. The number of carbonyl (C=O) groups is 1. The Bertz CT molecular complexity index is 163. The Morgan fingerprint density at radius 1 is 1.38 bits per heavy atom. The zero-order valence-corrected chi connectivity index (χ0v) is 9.26. The highest BCUT2D eigenvalue weighted by molar-refractivity contribution is 5.73. The van der Waals surface area contributed by atoms with Crippen molar-refractivity contribution in [3.63, 3.8) is 0 Å². The minimum atomic E-state index is -0.644. The molecular weight excluding hydrogens is 164 g/mol. The number of hydrogen-bond donors (Lipinski definition) is 1. The highest BCUT2D eigenvalue weighted by Gasteiger charge is 2.31. The monoisotopic (exact) mass is 186 g/mol. The molecular formula is C11H22O2. The van der Waals surface area contributed by atoms with Crippen LogP contribution in [0.15, 0.2) is 0 Å². The maximum absolute atomic E-state index is 11.0. The fourth-order valence-electron chi connectivity index (χ4n) is 1.50. The van der Waals surface area contributed by atoms with Crippen molar-refractivity contribution in [3.8, 4) is 0 Å². The second-order valence-corrected chi connectivity index (χ2v) is 4.55. The second kappa shape index (κ2) is 5.25. The van der Waals surface area contributed by atoms with E-state index in [-0.39, 0.29) is 0 Å². The van der Waals surface area contributed by atoms with Gasteiger partial charge in [-0.25, -0.2) is 0 Å². The van der Waals surface area contributed by atoms with Gasteiger partial charge in [0, 0.05) is 0 Å². The fraction of sp³-hybridized carbons (Fsp3) is 0.909. The molecule has 0 aliphatic carbocycles. The normalized spacial score (nSPS) is 15.8. The van der Waals surface area contributed by atoms with E-state index in [0.717, 1.165) is 25.7 Å². The average Bonchev–Trinajstić information content (AvgIpc) is 2.01. The van der Waals surface area contributed by atoms with Crippen LogP contribution in [0.25, 0.3) is 0 Å². The molecule has 0 fully saturated rings. The SMILES string of the molecule is CCCC(C)(CCC(C)C)C(=O)O. The highest BCUT2D eigenvalue weighted by Crippen LogP contribution is 2.30. The van der Waals surface area contributed by atoms with Crippen molar-refractivity contribution in [3.05, 3.63) is 0 Å². The standard InChI is InChI=1S/C11H22O2/c1-5-7-11(4,10(12)13)8-6-9(2)3/h9H,5-8H2,1-4H3,(H,12,13). The van der Waals surface area contributed by atoms with Crippen molar-refractivity contribution in [2.45, 2.75) is 53.4 Å². The summed E-state index contributed by atoms with van der Waals surface area (Å²) in [5.41, 5.74) is -0.501. The Morgan fingerprint density at radius 3 is 2.23 bits per heavy atom. The summed E-state index contributed by atoms with van der Waals surface area (Å²) in [7, 11) is 0. The molecule has 0 rings (SSSR count). The number of rotatable bonds is 6. The zero-order chi connectivity index (χ0) is 10.5. The van der Waals surface area contributed by atoms with Gasteiger partial charge in [-0.05, 0) is 32.1 Å². The van der Waals surface area contributed by atoms with Crippen LogP contribution in [0.1, 0.15) is 53.4 Å². The van der Waals surface area contributed by atoms with Crippen molar-refractivity contribution in [1.29, 1.82) is 0 Å². The molecule has 0 bridgehead atoms. The molecule has 0 aliphatic rings. The van der Waals surface area contributed by atoms with Crippen LogP contribution in [0.3, 0.4) is 0 Å². The molecule has 0 aromatic carbocycles. The van der Waals surface area contributed by atoms with Gasteiger partial charge in [-0.3, -0.25) is 4.79 Å². The molecule has 0 aliphatic heterocycles. The van der Waals surface area contributed by atoms with E-state index in [1.165, 1.54) is 0 Å². The van der Waals surface area contributed by atoms with Crippen molar-refractivity contribution < 1.29 is 9.90 Å². The van der Waals surface area contributed by atoms with Crippen LogP contribution in [0.5, 0.6) is 0 Å². The first kappa shape index (κ1) is 12.5.